The molecule has 4 nitrogen and oxygen atoms in total. The summed E-state index contributed by atoms with van der Waals surface area (Å²) in [4.78, 5) is 22.0. The molecule has 0 atom stereocenters. The van der Waals surface area contributed by atoms with Crippen molar-refractivity contribution >= 4 is 23.7 Å². The Bertz CT molecular complexity index is 516. The SMILES string of the molecule is Cc1nc(Cl)c(C=O)c(N2CCC3(CCCC3)CC2)n1. The van der Waals surface area contributed by atoms with Crippen LogP contribution >= 0.6 is 11.6 Å². The highest BCUT2D eigenvalue weighted by Crippen LogP contribution is 2.46. The first-order valence-electron chi connectivity index (χ1n) is 7.38. The summed E-state index contributed by atoms with van der Waals surface area (Å²) >= 11 is 6.07. The average molecular weight is 294 g/mol. The van der Waals surface area contributed by atoms with Gasteiger partial charge in [-0.05, 0) is 38.0 Å². The van der Waals surface area contributed by atoms with Crippen LogP contribution < -0.4 is 4.90 Å². The number of aryl methyl sites for hydroxylation is 1. The zero-order valence-corrected chi connectivity index (χ0v) is 12.6. The molecule has 0 unspecified atom stereocenters. The molecular formula is C15H20ClN3O. The van der Waals surface area contributed by atoms with Crippen LogP contribution in [-0.4, -0.2) is 29.3 Å². The summed E-state index contributed by atoms with van der Waals surface area (Å²) in [5.74, 6) is 1.34. The summed E-state index contributed by atoms with van der Waals surface area (Å²) < 4.78 is 0. The molecule has 0 bridgehead atoms. The van der Waals surface area contributed by atoms with Crippen molar-refractivity contribution in [2.45, 2.75) is 45.4 Å². The molecule has 0 N–H and O–H groups in total. The number of nitrogens with zero attached hydrogens (tertiary/aromatic N) is 3. The topological polar surface area (TPSA) is 46.1 Å². The van der Waals surface area contributed by atoms with Crippen LogP contribution in [0.4, 0.5) is 5.82 Å². The van der Waals surface area contributed by atoms with E-state index in [0.29, 0.717) is 22.6 Å². The van der Waals surface area contributed by atoms with Gasteiger partial charge in [-0.3, -0.25) is 4.79 Å². The van der Waals surface area contributed by atoms with Gasteiger partial charge in [-0.2, -0.15) is 0 Å². The molecule has 0 radical (unpaired) electrons. The van der Waals surface area contributed by atoms with E-state index in [-0.39, 0.29) is 5.15 Å². The molecule has 20 heavy (non-hydrogen) atoms. The lowest BCUT2D eigenvalue weighted by molar-refractivity contribution is 0.112. The van der Waals surface area contributed by atoms with Gasteiger partial charge in [0.05, 0.1) is 5.56 Å². The number of anilines is 1. The molecule has 0 amide bonds. The number of hydrogen-bond donors (Lipinski definition) is 0. The van der Waals surface area contributed by atoms with Crippen molar-refractivity contribution in [1.82, 2.24) is 9.97 Å². The van der Waals surface area contributed by atoms with E-state index >= 15 is 0 Å². The van der Waals surface area contributed by atoms with E-state index < -0.39 is 0 Å². The second-order valence-electron chi connectivity index (χ2n) is 6.11. The van der Waals surface area contributed by atoms with E-state index in [9.17, 15) is 4.79 Å². The number of carbonyl (C=O) groups excluding carboxylic acids is 1. The molecular weight excluding hydrogens is 274 g/mol. The molecule has 0 aromatic carbocycles. The Hall–Kier alpha value is -1.16. The third-order valence-corrected chi connectivity index (χ3v) is 5.18. The number of aldehydes is 1. The van der Waals surface area contributed by atoms with Gasteiger partial charge in [0.2, 0.25) is 0 Å². The minimum Gasteiger partial charge on any atom is -0.356 e. The van der Waals surface area contributed by atoms with Crippen molar-refractivity contribution in [3.63, 3.8) is 0 Å². The fourth-order valence-corrected chi connectivity index (χ4v) is 3.94. The average Bonchev–Trinajstić information content (AvgIpc) is 2.87. The number of aromatic nitrogens is 2. The number of carbonyl (C=O) groups is 1. The van der Waals surface area contributed by atoms with Crippen LogP contribution in [0.1, 0.15) is 54.7 Å². The van der Waals surface area contributed by atoms with Crippen LogP contribution in [0, 0.1) is 12.3 Å². The first-order valence-corrected chi connectivity index (χ1v) is 7.76. The lowest BCUT2D eigenvalue weighted by Gasteiger charge is -2.40. The summed E-state index contributed by atoms with van der Waals surface area (Å²) in [6.07, 6.45) is 8.65. The van der Waals surface area contributed by atoms with Gasteiger partial charge in [0.15, 0.2) is 6.29 Å². The molecule has 1 spiro atoms. The van der Waals surface area contributed by atoms with E-state index in [1.165, 1.54) is 38.5 Å². The van der Waals surface area contributed by atoms with Crippen LogP contribution in [0.25, 0.3) is 0 Å². The largest absolute Gasteiger partial charge is 0.356 e. The molecule has 2 fully saturated rings. The number of rotatable bonds is 2. The van der Waals surface area contributed by atoms with Gasteiger partial charge in [-0.15, -0.1) is 0 Å². The molecule has 1 aromatic rings. The lowest BCUT2D eigenvalue weighted by Crippen LogP contribution is -2.39. The fourth-order valence-electron chi connectivity index (χ4n) is 3.69. The van der Waals surface area contributed by atoms with Crippen LogP contribution in [0.15, 0.2) is 0 Å². The Morgan fingerprint density at radius 1 is 1.15 bits per heavy atom. The quantitative estimate of drug-likeness (QED) is 0.619. The molecule has 5 heteroatoms. The fraction of sp³-hybridized carbons (Fsp3) is 0.667. The second-order valence-corrected chi connectivity index (χ2v) is 6.47. The minimum atomic E-state index is 0.267. The molecule has 108 valence electrons. The Kier molecular flexibility index (Phi) is 3.67. The van der Waals surface area contributed by atoms with Crippen LogP contribution in [0.3, 0.4) is 0 Å². The zero-order valence-electron chi connectivity index (χ0n) is 11.9. The van der Waals surface area contributed by atoms with E-state index in [1.54, 1.807) is 0 Å². The molecule has 2 heterocycles. The van der Waals surface area contributed by atoms with Gasteiger partial charge in [-0.1, -0.05) is 24.4 Å². The maximum absolute atomic E-state index is 11.3. The van der Waals surface area contributed by atoms with E-state index in [2.05, 4.69) is 14.9 Å². The van der Waals surface area contributed by atoms with Crippen LogP contribution in [-0.2, 0) is 0 Å². The molecule has 3 rings (SSSR count). The van der Waals surface area contributed by atoms with E-state index in [1.807, 2.05) is 6.92 Å². The lowest BCUT2D eigenvalue weighted by atomic mass is 9.77. The van der Waals surface area contributed by atoms with Crippen molar-refractivity contribution in [3.8, 4) is 0 Å². The van der Waals surface area contributed by atoms with E-state index in [0.717, 1.165) is 19.4 Å². The Morgan fingerprint density at radius 3 is 2.40 bits per heavy atom. The first kappa shape index (κ1) is 13.8. The van der Waals surface area contributed by atoms with Crippen LogP contribution in [0.5, 0.6) is 0 Å². The van der Waals surface area contributed by atoms with Crippen molar-refractivity contribution in [1.29, 1.82) is 0 Å². The predicted octanol–water partition coefficient (Wildman–Crippen LogP) is 3.41. The summed E-state index contributed by atoms with van der Waals surface area (Å²) in [5, 5.41) is 0.267. The minimum absolute atomic E-state index is 0.267. The van der Waals surface area contributed by atoms with Crippen molar-refractivity contribution < 1.29 is 4.79 Å². The summed E-state index contributed by atoms with van der Waals surface area (Å²) in [5.41, 5.74) is 0.989. The summed E-state index contributed by atoms with van der Waals surface area (Å²) in [6, 6.07) is 0. The van der Waals surface area contributed by atoms with Gasteiger partial charge in [0.1, 0.15) is 16.8 Å². The summed E-state index contributed by atoms with van der Waals surface area (Å²) in [7, 11) is 0. The molecule has 1 aromatic heterocycles. The monoisotopic (exact) mass is 293 g/mol. The molecule has 1 saturated carbocycles. The second kappa shape index (κ2) is 5.32. The predicted molar refractivity (Wildman–Crippen MR) is 79.5 cm³/mol. The molecule has 1 saturated heterocycles. The zero-order chi connectivity index (χ0) is 14.2. The van der Waals surface area contributed by atoms with Gasteiger partial charge in [-0.25, -0.2) is 9.97 Å². The smallest absolute Gasteiger partial charge is 0.156 e. The van der Waals surface area contributed by atoms with Gasteiger partial charge in [0, 0.05) is 13.1 Å². The standard InChI is InChI=1S/C15H20ClN3O/c1-11-17-13(16)12(10-20)14(18-11)19-8-6-15(7-9-19)4-2-3-5-15/h10H,2-9H2,1H3. The Labute approximate surface area is 124 Å². The number of hydrogen-bond acceptors (Lipinski definition) is 4. The third kappa shape index (κ3) is 2.41. The third-order valence-electron chi connectivity index (χ3n) is 4.90. The Balaban J connectivity index is 1.82. The maximum Gasteiger partial charge on any atom is 0.156 e. The number of piperidine rings is 1. The van der Waals surface area contributed by atoms with Crippen molar-refractivity contribution in [2.24, 2.45) is 5.41 Å². The van der Waals surface area contributed by atoms with Gasteiger partial charge >= 0.3 is 0 Å². The highest BCUT2D eigenvalue weighted by Gasteiger charge is 2.37. The Morgan fingerprint density at radius 2 is 1.80 bits per heavy atom. The summed E-state index contributed by atoms with van der Waals surface area (Å²) in [6.45, 7) is 3.74. The highest BCUT2D eigenvalue weighted by atomic mass is 35.5. The molecule has 1 aliphatic carbocycles. The van der Waals surface area contributed by atoms with Crippen molar-refractivity contribution in [2.75, 3.05) is 18.0 Å². The van der Waals surface area contributed by atoms with Crippen molar-refractivity contribution in [3.05, 3.63) is 16.5 Å². The molecule has 2 aliphatic rings. The van der Waals surface area contributed by atoms with Crippen LogP contribution in [0.2, 0.25) is 5.15 Å². The maximum atomic E-state index is 11.3. The van der Waals surface area contributed by atoms with Gasteiger partial charge in [0.25, 0.3) is 0 Å². The first-order chi connectivity index (χ1) is 9.63. The normalized spacial score (nSPS) is 21.4. The van der Waals surface area contributed by atoms with E-state index in [4.69, 9.17) is 11.6 Å². The highest BCUT2D eigenvalue weighted by molar-refractivity contribution is 6.32. The van der Waals surface area contributed by atoms with Gasteiger partial charge < -0.3 is 4.90 Å². The number of halogens is 1. The molecule has 1 aliphatic heterocycles.